The zero-order valence-electron chi connectivity index (χ0n) is 38.8. The van der Waals surface area contributed by atoms with Crippen LogP contribution in [0, 0.1) is 10.1 Å². The van der Waals surface area contributed by atoms with E-state index in [2.05, 4.69) is 21.3 Å². The zero-order chi connectivity index (χ0) is 50.0. The van der Waals surface area contributed by atoms with E-state index in [1.54, 1.807) is 57.2 Å². The van der Waals surface area contributed by atoms with Crippen LogP contribution < -0.4 is 27.0 Å². The molecule has 6 amide bonds. The number of nitrogens with zero attached hydrogens (tertiary/aromatic N) is 3. The predicted molar refractivity (Wildman–Crippen MR) is 250 cm³/mol. The molecule has 0 aliphatic carbocycles. The largest absolute Gasteiger partial charge is 0.445 e. The second kappa shape index (κ2) is 29.1. The number of nitro groups is 1. The number of para-hydroxylation sites is 1. The molecule has 0 spiro atoms. The lowest BCUT2D eigenvalue weighted by Gasteiger charge is -2.24. The number of amides is 6. The number of rotatable bonds is 29. The molecule has 0 radical (unpaired) electrons. The molecule has 3 aromatic rings. The van der Waals surface area contributed by atoms with Crippen molar-refractivity contribution < 1.29 is 56.3 Å². The maximum absolute atomic E-state index is 13.9. The average molecular weight is 969 g/mol. The van der Waals surface area contributed by atoms with E-state index in [9.17, 15) is 47.3 Å². The minimum Gasteiger partial charge on any atom is -0.445 e. The van der Waals surface area contributed by atoms with Gasteiger partial charge in [0, 0.05) is 58.3 Å². The molecular formula is C46H64N8O13S. The Hall–Kier alpha value is -6.81. The second-order valence-corrected chi connectivity index (χ2v) is 18.4. The summed E-state index contributed by atoms with van der Waals surface area (Å²) in [6.07, 6.45) is -0.389. The molecule has 1 atom stereocenters. The number of ether oxygens (including phenoxy) is 3. The topological polar surface area (TPSA) is 288 Å². The van der Waals surface area contributed by atoms with E-state index in [-0.39, 0.29) is 84.1 Å². The van der Waals surface area contributed by atoms with Crippen LogP contribution in [-0.2, 0) is 51.8 Å². The monoisotopic (exact) mass is 968 g/mol. The number of hydrogen-bond donors (Lipinski definition) is 5. The van der Waals surface area contributed by atoms with Gasteiger partial charge in [0.1, 0.15) is 24.9 Å². The summed E-state index contributed by atoms with van der Waals surface area (Å²) in [4.78, 5) is 86.8. The second-order valence-electron chi connectivity index (χ2n) is 16.5. The zero-order valence-corrected chi connectivity index (χ0v) is 39.6. The van der Waals surface area contributed by atoms with E-state index in [4.69, 9.17) is 19.9 Å². The maximum atomic E-state index is 13.9. The van der Waals surface area contributed by atoms with Gasteiger partial charge in [0.15, 0.2) is 4.90 Å². The van der Waals surface area contributed by atoms with Crippen molar-refractivity contribution in [2.45, 2.75) is 102 Å². The lowest BCUT2D eigenvalue weighted by Crippen LogP contribution is -2.50. The number of hydrogen-bond acceptors (Lipinski definition) is 13. The molecule has 0 aliphatic rings. The van der Waals surface area contributed by atoms with Crippen molar-refractivity contribution in [3.63, 3.8) is 0 Å². The van der Waals surface area contributed by atoms with Crippen molar-refractivity contribution in [1.82, 2.24) is 30.5 Å². The Morgan fingerprint density at radius 1 is 0.691 bits per heavy atom. The number of sulfonamides is 1. The summed E-state index contributed by atoms with van der Waals surface area (Å²) in [7, 11) is -4.40. The Morgan fingerprint density at radius 2 is 1.25 bits per heavy atom. The predicted octanol–water partition coefficient (Wildman–Crippen LogP) is 4.88. The van der Waals surface area contributed by atoms with Crippen LogP contribution in [-0.4, -0.2) is 116 Å². The molecule has 0 aliphatic heterocycles. The van der Waals surface area contributed by atoms with E-state index in [0.717, 1.165) is 27.6 Å². The molecule has 6 N–H and O–H groups in total. The Balaban J connectivity index is 1.54. The molecule has 0 aromatic heterocycles. The standard InChI is InChI=1S/C46H64N8O13S/c1-46(2,3)67-44(59)51-37(32-40(47)55)42(57)49-26-14-6-13-25-48-41(56)24-31-52(45(60)66-34-36-20-9-5-10-21-36)28-15-16-29-53(68(63,64)39-23-12-11-22-38(39)54(61)62)30-17-27-50-43(58)65-33-35-18-7-4-8-19-35/h4-5,7-12,18-23,37H,6,13-17,24-34H2,1-3H3,(H2,47,55)(H,48,56)(H,49,57)(H,50,58)(H,51,59)/t37-/m0/s1. The van der Waals surface area contributed by atoms with Crippen LogP contribution in [0.2, 0.25) is 0 Å². The first kappa shape index (κ1) is 55.5. The van der Waals surface area contributed by atoms with Crippen molar-refractivity contribution in [2.24, 2.45) is 5.73 Å². The summed E-state index contributed by atoms with van der Waals surface area (Å²) in [6.45, 7) is 5.47. The third kappa shape index (κ3) is 21.7. The third-order valence-electron chi connectivity index (χ3n) is 9.79. The lowest BCUT2D eigenvalue weighted by atomic mass is 10.1. The molecule has 0 heterocycles. The Morgan fingerprint density at radius 3 is 1.87 bits per heavy atom. The van der Waals surface area contributed by atoms with E-state index in [1.165, 1.54) is 17.0 Å². The molecular weight excluding hydrogens is 905 g/mol. The fourth-order valence-corrected chi connectivity index (χ4v) is 8.08. The molecule has 3 rings (SSSR count). The molecule has 0 unspecified atom stereocenters. The molecule has 372 valence electrons. The van der Waals surface area contributed by atoms with Gasteiger partial charge in [0.25, 0.3) is 5.69 Å². The summed E-state index contributed by atoms with van der Waals surface area (Å²) in [5.74, 6) is -1.71. The van der Waals surface area contributed by atoms with Gasteiger partial charge >= 0.3 is 18.3 Å². The summed E-state index contributed by atoms with van der Waals surface area (Å²) in [6, 6.07) is 21.9. The number of nitro benzene ring substituents is 1. The Bertz CT molecular complexity index is 2210. The highest BCUT2D eigenvalue weighted by molar-refractivity contribution is 7.89. The Labute approximate surface area is 397 Å². The van der Waals surface area contributed by atoms with E-state index >= 15 is 0 Å². The minimum atomic E-state index is -4.40. The van der Waals surface area contributed by atoms with Gasteiger partial charge in [-0.1, -0.05) is 72.8 Å². The summed E-state index contributed by atoms with van der Waals surface area (Å²) in [5, 5.41) is 22.3. The number of unbranched alkanes of at least 4 members (excludes halogenated alkanes) is 3. The number of nitrogens with one attached hydrogen (secondary N) is 4. The van der Waals surface area contributed by atoms with Crippen molar-refractivity contribution >= 4 is 51.7 Å². The molecule has 0 saturated carbocycles. The summed E-state index contributed by atoms with van der Waals surface area (Å²) >= 11 is 0. The van der Waals surface area contributed by atoms with Gasteiger partial charge in [-0.05, 0) is 76.5 Å². The van der Waals surface area contributed by atoms with E-state index in [1.807, 2.05) is 24.3 Å². The van der Waals surface area contributed by atoms with E-state index < -0.39 is 73.7 Å². The fourth-order valence-electron chi connectivity index (χ4n) is 6.41. The van der Waals surface area contributed by atoms with Gasteiger partial charge in [-0.25, -0.2) is 22.8 Å². The lowest BCUT2D eigenvalue weighted by molar-refractivity contribution is -0.387. The van der Waals surface area contributed by atoms with Gasteiger partial charge in [0.05, 0.1) is 11.3 Å². The van der Waals surface area contributed by atoms with Crippen LogP contribution in [0.15, 0.2) is 89.8 Å². The van der Waals surface area contributed by atoms with Gasteiger partial charge in [0.2, 0.25) is 27.7 Å². The molecule has 21 nitrogen and oxygen atoms in total. The van der Waals surface area contributed by atoms with Crippen LogP contribution in [0.4, 0.5) is 20.1 Å². The normalized spacial score (nSPS) is 11.7. The number of alkyl carbamates (subject to hydrolysis) is 2. The number of primary amides is 1. The summed E-state index contributed by atoms with van der Waals surface area (Å²) in [5.41, 5.74) is 5.39. The highest BCUT2D eigenvalue weighted by Crippen LogP contribution is 2.27. The third-order valence-corrected chi connectivity index (χ3v) is 11.7. The van der Waals surface area contributed by atoms with Crippen molar-refractivity contribution in [1.29, 1.82) is 0 Å². The summed E-state index contributed by atoms with van der Waals surface area (Å²) < 4.78 is 44.9. The first-order chi connectivity index (χ1) is 32.4. The molecule has 3 aromatic carbocycles. The van der Waals surface area contributed by atoms with Crippen molar-refractivity contribution in [3.8, 4) is 0 Å². The average Bonchev–Trinajstić information content (AvgIpc) is 3.29. The number of nitrogens with two attached hydrogens (primary N) is 1. The van der Waals surface area contributed by atoms with Gasteiger partial charge < -0.3 is 46.1 Å². The number of carbonyl (C=O) groups is 6. The Kier molecular flexibility index (Phi) is 23.7. The van der Waals surface area contributed by atoms with Crippen LogP contribution in [0.25, 0.3) is 0 Å². The van der Waals surface area contributed by atoms with Crippen LogP contribution >= 0.6 is 0 Å². The molecule has 22 heteroatoms. The molecule has 68 heavy (non-hydrogen) atoms. The van der Waals surface area contributed by atoms with Crippen molar-refractivity contribution in [3.05, 3.63) is 106 Å². The van der Waals surface area contributed by atoms with Gasteiger partial charge in [-0.3, -0.25) is 24.5 Å². The van der Waals surface area contributed by atoms with Crippen LogP contribution in [0.3, 0.4) is 0 Å². The minimum absolute atomic E-state index is 0.0143. The first-order valence-electron chi connectivity index (χ1n) is 22.3. The van der Waals surface area contributed by atoms with E-state index in [0.29, 0.717) is 25.8 Å². The first-order valence-corrected chi connectivity index (χ1v) is 23.8. The fraction of sp³-hybridized carbons (Fsp3) is 0.478. The van der Waals surface area contributed by atoms with Crippen LogP contribution in [0.5, 0.6) is 0 Å². The molecule has 0 saturated heterocycles. The maximum Gasteiger partial charge on any atom is 0.410 e. The smallest absolute Gasteiger partial charge is 0.410 e. The number of benzene rings is 3. The molecule has 0 bridgehead atoms. The van der Waals surface area contributed by atoms with Gasteiger partial charge in [-0.2, -0.15) is 4.31 Å². The van der Waals surface area contributed by atoms with Crippen molar-refractivity contribution in [2.75, 3.05) is 45.8 Å². The van der Waals surface area contributed by atoms with Gasteiger partial charge in [-0.15, -0.1) is 0 Å². The van der Waals surface area contributed by atoms with Crippen LogP contribution in [0.1, 0.15) is 83.3 Å². The molecule has 0 fully saturated rings. The highest BCUT2D eigenvalue weighted by atomic mass is 32.2. The quantitative estimate of drug-likeness (QED) is 0.0269. The number of carbonyl (C=O) groups excluding carboxylic acids is 6. The SMILES string of the molecule is CC(C)(C)OC(=O)N[C@@H](CC(N)=O)C(=O)NCCCCCNC(=O)CCN(CCCCN(CCCNC(=O)OCc1ccccc1)S(=O)(=O)c1ccccc1[N+](=O)[O-])C(=O)OCc1ccccc1. The highest BCUT2D eigenvalue weighted by Gasteiger charge is 2.31.